The fourth-order valence-corrected chi connectivity index (χ4v) is 5.46. The maximum atomic E-state index is 13.8. The predicted molar refractivity (Wildman–Crippen MR) is 152 cm³/mol. The Morgan fingerprint density at radius 2 is 2.05 bits per heavy atom. The molecular formula is C30H35F3N6O3. The van der Waals surface area contributed by atoms with Gasteiger partial charge in [0.15, 0.2) is 0 Å². The van der Waals surface area contributed by atoms with Gasteiger partial charge in [0.1, 0.15) is 17.4 Å². The molecule has 0 bridgehead atoms. The number of nitrogens with zero attached hydrogens (tertiary/aromatic N) is 5. The number of rotatable bonds is 7. The maximum absolute atomic E-state index is 13.8. The Balaban J connectivity index is 1.59. The molecule has 224 valence electrons. The van der Waals surface area contributed by atoms with Crippen LogP contribution in [0.5, 0.6) is 5.75 Å². The number of para-hydroxylation sites is 1. The Morgan fingerprint density at radius 1 is 1.24 bits per heavy atom. The molecule has 2 aliphatic heterocycles. The van der Waals surface area contributed by atoms with Gasteiger partial charge in [-0.25, -0.2) is 4.98 Å². The highest BCUT2D eigenvalue weighted by atomic mass is 19.4. The zero-order valence-electron chi connectivity index (χ0n) is 29.8. The number of ether oxygens (including phenoxy) is 1. The maximum Gasteiger partial charge on any atom is 0.401 e. The van der Waals surface area contributed by atoms with Gasteiger partial charge in [-0.3, -0.25) is 24.8 Å². The molecule has 3 aromatic rings. The van der Waals surface area contributed by atoms with Gasteiger partial charge in [0.25, 0.3) is 5.91 Å². The molecule has 2 aromatic heterocycles. The van der Waals surface area contributed by atoms with E-state index < -0.39 is 67.1 Å². The van der Waals surface area contributed by atoms with Gasteiger partial charge >= 0.3 is 6.18 Å². The zero-order chi connectivity index (χ0) is 35.8. The van der Waals surface area contributed by atoms with Crippen molar-refractivity contribution in [2.24, 2.45) is 0 Å². The lowest BCUT2D eigenvalue weighted by Gasteiger charge is -2.33. The first-order chi connectivity index (χ1) is 23.0. The number of hydrogen-bond donors (Lipinski definition) is 1. The summed E-state index contributed by atoms with van der Waals surface area (Å²) in [6, 6.07) is 0.771. The molecule has 0 spiro atoms. The first-order valence-electron chi connectivity index (χ1n) is 17.2. The van der Waals surface area contributed by atoms with E-state index in [0.717, 1.165) is 0 Å². The van der Waals surface area contributed by atoms with Crippen molar-refractivity contribution in [3.05, 3.63) is 60.3 Å². The van der Waals surface area contributed by atoms with E-state index in [1.54, 1.807) is 15.5 Å². The van der Waals surface area contributed by atoms with E-state index >= 15 is 0 Å². The van der Waals surface area contributed by atoms with Crippen LogP contribution in [0, 0.1) is 6.85 Å². The van der Waals surface area contributed by atoms with Crippen LogP contribution in [0.4, 0.5) is 19.1 Å². The first-order valence-corrected chi connectivity index (χ1v) is 13.7. The molecule has 2 amide bonds. The van der Waals surface area contributed by atoms with Gasteiger partial charge in [-0.05, 0) is 69.2 Å². The highest BCUT2D eigenvalue weighted by molar-refractivity contribution is 6.04. The standard InChI is InChI=1S/C30H35F3N6O3/c1-3-26(40)38-14-5-4-7-22(18-38)39-27-24(35-29(39)36-28(41)21-10-13-34-20(2)17-21)8-6-9-25(27)42-23-11-15-37(16-12-23)19-30(31,32)33/h3,6,8-10,13,17,22-23H,1,4-5,7,11-12,14-16,18-19H2,2H3,(H,35,36,41)/t22-/m1/s1/i2D3,8D,10D,13D,17D. The van der Waals surface area contributed by atoms with Crippen molar-refractivity contribution >= 4 is 28.8 Å². The second-order valence-electron chi connectivity index (χ2n) is 10.3. The number of benzene rings is 1. The van der Waals surface area contributed by atoms with E-state index in [9.17, 15) is 22.8 Å². The minimum Gasteiger partial charge on any atom is -0.488 e. The first kappa shape index (κ1) is 21.7. The third-order valence-corrected chi connectivity index (χ3v) is 7.37. The molecule has 1 aromatic carbocycles. The molecule has 42 heavy (non-hydrogen) atoms. The summed E-state index contributed by atoms with van der Waals surface area (Å²) >= 11 is 0. The molecule has 2 aliphatic rings. The molecule has 12 heteroatoms. The van der Waals surface area contributed by atoms with Gasteiger partial charge in [-0.2, -0.15) is 13.2 Å². The Bertz CT molecular complexity index is 1760. The molecule has 0 unspecified atom stereocenters. The Kier molecular flexibility index (Phi) is 6.48. The van der Waals surface area contributed by atoms with Gasteiger partial charge in [-0.1, -0.05) is 12.6 Å². The summed E-state index contributed by atoms with van der Waals surface area (Å²) in [5.74, 6) is -1.31. The molecular weight excluding hydrogens is 549 g/mol. The third-order valence-electron chi connectivity index (χ3n) is 7.37. The number of aryl methyl sites for hydroxylation is 1. The fourth-order valence-electron chi connectivity index (χ4n) is 5.46. The highest BCUT2D eigenvalue weighted by Gasteiger charge is 2.33. The SMILES string of the molecule is [2H]c1nc(C([2H])([2H])[2H])c([2H])c(C(=O)Nc2nc3c([2H])ccc(OC4CCN(CC(F)(F)F)CC4)c3n2[C@@H]2CCCCN(C(=O)C=C)C2)c1[2H]. The van der Waals surface area contributed by atoms with Crippen molar-refractivity contribution in [3.8, 4) is 5.75 Å². The van der Waals surface area contributed by atoms with Crippen molar-refractivity contribution in [3.63, 3.8) is 0 Å². The molecule has 1 N–H and O–H groups in total. The third kappa shape index (κ3) is 6.92. The number of alkyl halides is 3. The average molecular weight is 592 g/mol. The van der Waals surface area contributed by atoms with Crippen LogP contribution < -0.4 is 10.1 Å². The molecule has 2 fully saturated rings. The van der Waals surface area contributed by atoms with Crippen molar-refractivity contribution in [1.29, 1.82) is 0 Å². The zero-order valence-corrected chi connectivity index (χ0v) is 22.8. The molecule has 0 aliphatic carbocycles. The number of hydrogen-bond acceptors (Lipinski definition) is 6. The smallest absolute Gasteiger partial charge is 0.401 e. The van der Waals surface area contributed by atoms with Gasteiger partial charge in [0.05, 0.1) is 23.6 Å². The van der Waals surface area contributed by atoms with E-state index in [0.29, 0.717) is 38.6 Å². The van der Waals surface area contributed by atoms with Crippen LogP contribution in [-0.2, 0) is 4.79 Å². The lowest BCUT2D eigenvalue weighted by Crippen LogP contribution is -2.42. The number of carbonyl (C=O) groups is 2. The second kappa shape index (κ2) is 12.5. The van der Waals surface area contributed by atoms with Gasteiger partial charge in [0, 0.05) is 47.7 Å². The summed E-state index contributed by atoms with van der Waals surface area (Å²) in [6.07, 6.45) is -2.01. The van der Waals surface area contributed by atoms with Crippen LogP contribution in [0.3, 0.4) is 0 Å². The number of pyridine rings is 1. The number of imidazole rings is 1. The molecule has 2 saturated heterocycles. The summed E-state index contributed by atoms with van der Waals surface area (Å²) in [4.78, 5) is 37.5. The molecule has 0 saturated carbocycles. The predicted octanol–water partition coefficient (Wildman–Crippen LogP) is 5.14. The summed E-state index contributed by atoms with van der Waals surface area (Å²) in [5, 5.41) is 2.57. The van der Waals surface area contributed by atoms with Crippen LogP contribution in [0.15, 0.2) is 49.1 Å². The summed E-state index contributed by atoms with van der Waals surface area (Å²) < 4.78 is 103. The lowest BCUT2D eigenvalue weighted by atomic mass is 10.1. The Labute approximate surface area is 252 Å². The number of nitrogens with one attached hydrogen (secondary N) is 1. The number of aromatic nitrogens is 3. The highest BCUT2D eigenvalue weighted by Crippen LogP contribution is 2.36. The van der Waals surface area contributed by atoms with E-state index in [4.69, 9.17) is 14.3 Å². The molecule has 4 heterocycles. The van der Waals surface area contributed by atoms with E-state index in [1.165, 1.54) is 17.0 Å². The number of amides is 2. The Hall–Kier alpha value is -3.93. The number of halogens is 3. The summed E-state index contributed by atoms with van der Waals surface area (Å²) in [5.41, 5.74) is -1.14. The van der Waals surface area contributed by atoms with Crippen molar-refractivity contribution < 1.29 is 37.1 Å². The number of piperidine rings is 1. The van der Waals surface area contributed by atoms with Gasteiger partial charge in [-0.15, -0.1) is 0 Å². The van der Waals surface area contributed by atoms with E-state index in [1.807, 2.05) is 0 Å². The van der Waals surface area contributed by atoms with Crippen molar-refractivity contribution in [2.45, 2.75) is 57.3 Å². The normalized spacial score (nSPS) is 21.6. The molecule has 1 atom stereocenters. The number of likely N-dealkylation sites (tertiary alicyclic amines) is 2. The van der Waals surface area contributed by atoms with Gasteiger partial charge in [0.2, 0.25) is 11.9 Å². The number of anilines is 1. The summed E-state index contributed by atoms with van der Waals surface area (Å²) in [6.45, 7) is 0.504. The molecule has 5 rings (SSSR count). The monoisotopic (exact) mass is 591 g/mol. The van der Waals surface area contributed by atoms with Crippen LogP contribution >= 0.6 is 0 Å². The van der Waals surface area contributed by atoms with Crippen LogP contribution in [0.1, 0.15) is 63.8 Å². The van der Waals surface area contributed by atoms with Crippen molar-refractivity contribution in [2.75, 3.05) is 38.0 Å². The fraction of sp³-hybridized carbons (Fsp3) is 0.467. The van der Waals surface area contributed by atoms with E-state index in [-0.39, 0.29) is 54.3 Å². The van der Waals surface area contributed by atoms with Crippen LogP contribution in [-0.4, -0.2) is 81.2 Å². The average Bonchev–Trinajstić information content (AvgIpc) is 3.22. The van der Waals surface area contributed by atoms with Gasteiger partial charge < -0.3 is 14.2 Å². The van der Waals surface area contributed by atoms with Crippen molar-refractivity contribution in [1.82, 2.24) is 24.3 Å². The lowest BCUT2D eigenvalue weighted by molar-refractivity contribution is -0.149. The molecule has 9 nitrogen and oxygen atoms in total. The minimum atomic E-state index is -4.33. The topological polar surface area (TPSA) is 92.6 Å². The number of carbonyl (C=O) groups excluding carboxylic acids is 2. The second-order valence-corrected chi connectivity index (χ2v) is 10.3. The minimum absolute atomic E-state index is 0.0475. The Morgan fingerprint density at radius 3 is 2.79 bits per heavy atom. The number of fused-ring (bicyclic) bond motifs is 1. The van der Waals surface area contributed by atoms with Crippen LogP contribution in [0.25, 0.3) is 11.0 Å². The van der Waals surface area contributed by atoms with E-state index in [2.05, 4.69) is 21.9 Å². The van der Waals surface area contributed by atoms with Crippen LogP contribution in [0.2, 0.25) is 0 Å². The quantitative estimate of drug-likeness (QED) is 0.383. The molecule has 0 radical (unpaired) electrons. The summed E-state index contributed by atoms with van der Waals surface area (Å²) in [7, 11) is 0. The largest absolute Gasteiger partial charge is 0.488 e.